The fourth-order valence-corrected chi connectivity index (χ4v) is 3.46. The highest BCUT2D eigenvalue weighted by molar-refractivity contribution is 7.99. The van der Waals surface area contributed by atoms with E-state index in [0.29, 0.717) is 22.8 Å². The Labute approximate surface area is 119 Å². The molecule has 1 aliphatic heterocycles. The van der Waals surface area contributed by atoms with Gasteiger partial charge in [0.1, 0.15) is 5.82 Å². The summed E-state index contributed by atoms with van der Waals surface area (Å²) in [5.41, 5.74) is 1.31. The third-order valence-corrected chi connectivity index (χ3v) is 4.76. The van der Waals surface area contributed by atoms with Gasteiger partial charge in [-0.2, -0.15) is 11.8 Å². The van der Waals surface area contributed by atoms with Crippen LogP contribution in [0.3, 0.4) is 0 Å². The van der Waals surface area contributed by atoms with Crippen molar-refractivity contribution in [2.45, 2.75) is 31.6 Å². The maximum atomic E-state index is 13.5. The molecule has 2 unspecified atom stereocenters. The number of hydrogen-bond acceptors (Lipinski definition) is 3. The molecule has 1 aromatic rings. The van der Waals surface area contributed by atoms with E-state index >= 15 is 0 Å². The van der Waals surface area contributed by atoms with Crippen LogP contribution in [-0.2, 0) is 0 Å². The first-order chi connectivity index (χ1) is 9.06. The summed E-state index contributed by atoms with van der Waals surface area (Å²) in [6.07, 6.45) is 0.0971. The van der Waals surface area contributed by atoms with Crippen molar-refractivity contribution in [3.63, 3.8) is 0 Å². The van der Waals surface area contributed by atoms with Gasteiger partial charge in [-0.05, 0) is 30.5 Å². The predicted octanol–water partition coefficient (Wildman–Crippen LogP) is 2.99. The van der Waals surface area contributed by atoms with Gasteiger partial charge in [-0.1, -0.05) is 19.1 Å². The monoisotopic (exact) mass is 283 g/mol. The molecule has 1 fully saturated rings. The highest BCUT2D eigenvalue weighted by Crippen LogP contribution is 2.22. The molecule has 1 aliphatic rings. The third kappa shape index (κ3) is 4.20. The van der Waals surface area contributed by atoms with Crippen molar-refractivity contribution in [2.24, 2.45) is 0 Å². The van der Waals surface area contributed by atoms with E-state index in [0.717, 1.165) is 25.4 Å². The lowest BCUT2D eigenvalue weighted by molar-refractivity contribution is 0.143. The standard InChI is InChI=1S/C15H22FNOS/c1-11-3-4-13(9-14(11)16)15(18)5-6-17-7-8-19-12(2)10-17/h3-4,9,12,15,18H,5-8,10H2,1-2H3. The molecule has 0 aromatic heterocycles. The second kappa shape index (κ2) is 6.73. The van der Waals surface area contributed by atoms with Gasteiger partial charge in [0.05, 0.1) is 6.10 Å². The zero-order chi connectivity index (χ0) is 13.8. The Kier molecular flexibility index (Phi) is 5.25. The van der Waals surface area contributed by atoms with Gasteiger partial charge in [0.15, 0.2) is 0 Å². The van der Waals surface area contributed by atoms with Gasteiger partial charge >= 0.3 is 0 Å². The minimum atomic E-state index is -0.569. The first-order valence-electron chi connectivity index (χ1n) is 6.84. The molecule has 1 aromatic carbocycles. The predicted molar refractivity (Wildman–Crippen MR) is 79.1 cm³/mol. The van der Waals surface area contributed by atoms with Crippen molar-refractivity contribution in [3.05, 3.63) is 35.1 Å². The van der Waals surface area contributed by atoms with Gasteiger partial charge in [0.2, 0.25) is 0 Å². The van der Waals surface area contributed by atoms with Crippen LogP contribution in [0.25, 0.3) is 0 Å². The Morgan fingerprint density at radius 2 is 2.32 bits per heavy atom. The maximum Gasteiger partial charge on any atom is 0.126 e. The molecule has 106 valence electrons. The van der Waals surface area contributed by atoms with E-state index in [1.807, 2.05) is 17.8 Å². The average molecular weight is 283 g/mol. The number of hydrogen-bond donors (Lipinski definition) is 1. The number of aryl methyl sites for hydroxylation is 1. The van der Waals surface area contributed by atoms with Gasteiger partial charge in [-0.3, -0.25) is 0 Å². The number of nitrogens with zero attached hydrogens (tertiary/aromatic N) is 1. The topological polar surface area (TPSA) is 23.5 Å². The molecule has 19 heavy (non-hydrogen) atoms. The van der Waals surface area contributed by atoms with E-state index in [1.165, 1.54) is 6.07 Å². The molecule has 1 N–H and O–H groups in total. The molecule has 0 radical (unpaired) electrons. The maximum absolute atomic E-state index is 13.5. The van der Waals surface area contributed by atoms with Crippen LogP contribution >= 0.6 is 11.8 Å². The fourth-order valence-electron chi connectivity index (χ4n) is 2.38. The SMILES string of the molecule is Cc1ccc(C(O)CCN2CCSC(C)C2)cc1F. The van der Waals surface area contributed by atoms with Crippen LogP contribution in [-0.4, -0.2) is 40.6 Å². The number of thioether (sulfide) groups is 1. The van der Waals surface area contributed by atoms with E-state index in [-0.39, 0.29) is 5.82 Å². The highest BCUT2D eigenvalue weighted by Gasteiger charge is 2.18. The van der Waals surface area contributed by atoms with Crippen molar-refractivity contribution in [3.8, 4) is 0 Å². The van der Waals surface area contributed by atoms with Crippen molar-refractivity contribution in [1.29, 1.82) is 0 Å². The quantitative estimate of drug-likeness (QED) is 0.919. The Morgan fingerprint density at radius 1 is 1.53 bits per heavy atom. The Hall–Kier alpha value is -0.580. The van der Waals surface area contributed by atoms with Crippen molar-refractivity contribution in [2.75, 3.05) is 25.4 Å². The molecule has 4 heteroatoms. The summed E-state index contributed by atoms with van der Waals surface area (Å²) in [6.45, 7) is 7.02. The number of benzene rings is 1. The van der Waals surface area contributed by atoms with Crippen LogP contribution in [0, 0.1) is 12.7 Å². The number of halogens is 1. The van der Waals surface area contributed by atoms with Gasteiger partial charge < -0.3 is 10.0 Å². The summed E-state index contributed by atoms with van der Waals surface area (Å²) >= 11 is 2.00. The van der Waals surface area contributed by atoms with Crippen LogP contribution < -0.4 is 0 Å². The first kappa shape index (κ1) is 14.8. The molecule has 2 nitrogen and oxygen atoms in total. The van der Waals surface area contributed by atoms with E-state index < -0.39 is 6.10 Å². The molecule has 1 saturated heterocycles. The molecule has 0 aliphatic carbocycles. The molecule has 0 amide bonds. The summed E-state index contributed by atoms with van der Waals surface area (Å²) in [7, 11) is 0. The van der Waals surface area contributed by atoms with Gasteiger partial charge in [0.25, 0.3) is 0 Å². The van der Waals surface area contributed by atoms with Crippen LogP contribution in [0.5, 0.6) is 0 Å². The second-order valence-corrected chi connectivity index (χ2v) is 6.84. The average Bonchev–Trinajstić information content (AvgIpc) is 2.39. The van der Waals surface area contributed by atoms with Crippen molar-refractivity contribution < 1.29 is 9.50 Å². The van der Waals surface area contributed by atoms with Gasteiger partial charge in [-0.25, -0.2) is 4.39 Å². The first-order valence-corrected chi connectivity index (χ1v) is 7.89. The summed E-state index contributed by atoms with van der Waals surface area (Å²) in [6, 6.07) is 5.00. The second-order valence-electron chi connectivity index (χ2n) is 5.30. The van der Waals surface area contributed by atoms with E-state index in [9.17, 15) is 9.50 Å². The smallest absolute Gasteiger partial charge is 0.126 e. The van der Waals surface area contributed by atoms with E-state index in [2.05, 4.69) is 11.8 Å². The third-order valence-electron chi connectivity index (χ3n) is 3.62. The summed E-state index contributed by atoms with van der Waals surface area (Å²) in [5, 5.41) is 10.8. The summed E-state index contributed by atoms with van der Waals surface area (Å²) in [4.78, 5) is 2.38. The van der Waals surface area contributed by atoms with Crippen LogP contribution in [0.1, 0.15) is 30.6 Å². The summed E-state index contributed by atoms with van der Waals surface area (Å²) < 4.78 is 13.5. The largest absolute Gasteiger partial charge is 0.388 e. The lowest BCUT2D eigenvalue weighted by atomic mass is 10.0. The number of aliphatic hydroxyl groups excluding tert-OH is 1. The van der Waals surface area contributed by atoms with Crippen molar-refractivity contribution >= 4 is 11.8 Å². The molecule has 1 heterocycles. The van der Waals surface area contributed by atoms with Crippen LogP contribution in [0.15, 0.2) is 18.2 Å². The molecular weight excluding hydrogens is 261 g/mol. The van der Waals surface area contributed by atoms with Crippen LogP contribution in [0.4, 0.5) is 4.39 Å². The zero-order valence-corrected chi connectivity index (χ0v) is 12.4. The number of aliphatic hydroxyl groups is 1. The lowest BCUT2D eigenvalue weighted by Gasteiger charge is -2.31. The van der Waals surface area contributed by atoms with Gasteiger partial charge in [0, 0.05) is 30.6 Å². The van der Waals surface area contributed by atoms with Gasteiger partial charge in [-0.15, -0.1) is 0 Å². The fraction of sp³-hybridized carbons (Fsp3) is 0.600. The molecule has 0 saturated carbocycles. The van der Waals surface area contributed by atoms with Crippen molar-refractivity contribution in [1.82, 2.24) is 4.90 Å². The molecule has 0 bridgehead atoms. The Balaban J connectivity index is 1.86. The normalized spacial score (nSPS) is 22.4. The Bertz CT molecular complexity index is 427. The summed E-state index contributed by atoms with van der Waals surface area (Å²) in [5.74, 6) is 0.927. The molecule has 2 rings (SSSR count). The number of rotatable bonds is 4. The van der Waals surface area contributed by atoms with Crippen LogP contribution in [0.2, 0.25) is 0 Å². The zero-order valence-electron chi connectivity index (χ0n) is 11.6. The molecule has 0 spiro atoms. The highest BCUT2D eigenvalue weighted by atomic mass is 32.2. The molecular formula is C15H22FNOS. The minimum Gasteiger partial charge on any atom is -0.388 e. The van der Waals surface area contributed by atoms with E-state index in [1.54, 1.807) is 13.0 Å². The minimum absolute atomic E-state index is 0.237. The van der Waals surface area contributed by atoms with E-state index in [4.69, 9.17) is 0 Å². The molecule has 2 atom stereocenters. The Morgan fingerprint density at radius 3 is 3.00 bits per heavy atom. The lowest BCUT2D eigenvalue weighted by Crippen LogP contribution is -2.37.